The van der Waals surface area contributed by atoms with E-state index in [1.807, 2.05) is 27.7 Å². The molecular formula is C28H27FN2O4. The van der Waals surface area contributed by atoms with Gasteiger partial charge in [0.15, 0.2) is 0 Å². The van der Waals surface area contributed by atoms with Gasteiger partial charge in [-0.05, 0) is 60.4 Å². The molecule has 1 aliphatic heterocycles. The number of carbonyl (C=O) groups is 2. The number of aromatic nitrogens is 1. The summed E-state index contributed by atoms with van der Waals surface area (Å²) in [5.74, 6) is -1.89. The lowest BCUT2D eigenvalue weighted by atomic mass is 9.84. The Morgan fingerprint density at radius 1 is 1.11 bits per heavy atom. The largest absolute Gasteiger partial charge is 0.507 e. The van der Waals surface area contributed by atoms with Crippen LogP contribution in [0.25, 0.3) is 5.76 Å². The van der Waals surface area contributed by atoms with E-state index in [9.17, 15) is 19.1 Å². The molecular weight excluding hydrogens is 447 g/mol. The van der Waals surface area contributed by atoms with Crippen molar-refractivity contribution in [1.29, 1.82) is 0 Å². The SMILES string of the molecule is CCOc1ccc(/C(O)=C2/C(=O)C(=O)N(c3cccc(F)c3)C2c2cccnc2)cc1C(C)(C)C. The van der Waals surface area contributed by atoms with Crippen molar-refractivity contribution in [2.75, 3.05) is 11.5 Å². The quantitative estimate of drug-likeness (QED) is 0.298. The van der Waals surface area contributed by atoms with Gasteiger partial charge in [0.05, 0.1) is 18.2 Å². The van der Waals surface area contributed by atoms with Crippen LogP contribution in [0.3, 0.4) is 0 Å². The van der Waals surface area contributed by atoms with Crippen LogP contribution in [0.2, 0.25) is 0 Å². The maximum atomic E-state index is 14.0. The molecule has 1 aliphatic rings. The summed E-state index contributed by atoms with van der Waals surface area (Å²) in [7, 11) is 0. The molecule has 1 fully saturated rings. The van der Waals surface area contributed by atoms with Crippen LogP contribution in [-0.4, -0.2) is 28.4 Å². The number of hydrogen-bond donors (Lipinski definition) is 1. The molecule has 6 nitrogen and oxygen atoms in total. The number of nitrogens with zero attached hydrogens (tertiary/aromatic N) is 2. The number of pyridine rings is 1. The minimum absolute atomic E-state index is 0.0868. The summed E-state index contributed by atoms with van der Waals surface area (Å²) in [5, 5.41) is 11.4. The molecule has 0 bridgehead atoms. The van der Waals surface area contributed by atoms with Gasteiger partial charge in [-0.25, -0.2) is 4.39 Å². The maximum Gasteiger partial charge on any atom is 0.300 e. The van der Waals surface area contributed by atoms with Gasteiger partial charge in [-0.15, -0.1) is 0 Å². The lowest BCUT2D eigenvalue weighted by Gasteiger charge is -2.26. The summed E-state index contributed by atoms with van der Waals surface area (Å²) in [6.07, 6.45) is 3.09. The van der Waals surface area contributed by atoms with Crippen molar-refractivity contribution in [1.82, 2.24) is 4.98 Å². The van der Waals surface area contributed by atoms with Crippen LogP contribution >= 0.6 is 0 Å². The Morgan fingerprint density at radius 2 is 1.89 bits per heavy atom. The highest BCUT2D eigenvalue weighted by Gasteiger charge is 2.47. The van der Waals surface area contributed by atoms with Crippen molar-refractivity contribution in [3.8, 4) is 5.75 Å². The predicted octanol–water partition coefficient (Wildman–Crippen LogP) is 5.54. The van der Waals surface area contributed by atoms with Gasteiger partial charge < -0.3 is 9.84 Å². The summed E-state index contributed by atoms with van der Waals surface area (Å²) in [6, 6.07) is 13.0. The molecule has 3 aromatic rings. The van der Waals surface area contributed by atoms with Gasteiger partial charge >= 0.3 is 0 Å². The van der Waals surface area contributed by atoms with Crippen molar-refractivity contribution in [2.24, 2.45) is 0 Å². The number of aliphatic hydroxyl groups excluding tert-OH is 1. The zero-order chi connectivity index (χ0) is 25.3. The molecule has 4 rings (SSSR count). The van der Waals surface area contributed by atoms with Crippen molar-refractivity contribution in [2.45, 2.75) is 39.2 Å². The fourth-order valence-corrected chi connectivity index (χ4v) is 4.28. The van der Waals surface area contributed by atoms with Crippen LogP contribution in [0.5, 0.6) is 5.75 Å². The summed E-state index contributed by atoms with van der Waals surface area (Å²) in [4.78, 5) is 31.8. The number of aliphatic hydroxyl groups is 1. The second-order valence-electron chi connectivity index (χ2n) is 9.33. The molecule has 180 valence electrons. The smallest absolute Gasteiger partial charge is 0.300 e. The van der Waals surface area contributed by atoms with Crippen LogP contribution in [0.15, 0.2) is 72.6 Å². The van der Waals surface area contributed by atoms with E-state index in [0.717, 1.165) is 5.56 Å². The normalized spacial score (nSPS) is 17.6. The minimum atomic E-state index is -0.977. The molecule has 0 saturated carbocycles. The van der Waals surface area contributed by atoms with Gasteiger partial charge in [0, 0.05) is 29.2 Å². The third-order valence-corrected chi connectivity index (χ3v) is 5.89. The summed E-state index contributed by atoms with van der Waals surface area (Å²) in [5.41, 5.74) is 1.56. The predicted molar refractivity (Wildman–Crippen MR) is 132 cm³/mol. The number of benzene rings is 2. The lowest BCUT2D eigenvalue weighted by molar-refractivity contribution is -0.132. The van der Waals surface area contributed by atoms with E-state index in [4.69, 9.17) is 4.74 Å². The Morgan fingerprint density at radius 3 is 2.51 bits per heavy atom. The minimum Gasteiger partial charge on any atom is -0.507 e. The van der Waals surface area contributed by atoms with E-state index in [1.54, 1.807) is 42.6 Å². The first-order valence-electron chi connectivity index (χ1n) is 11.4. The fraction of sp³-hybridized carbons (Fsp3) is 0.250. The lowest BCUT2D eigenvalue weighted by Crippen LogP contribution is -2.29. The number of anilines is 1. The van der Waals surface area contributed by atoms with E-state index in [0.29, 0.717) is 23.5 Å². The first kappa shape index (κ1) is 24.1. The van der Waals surface area contributed by atoms with E-state index in [2.05, 4.69) is 4.98 Å². The Kier molecular flexibility index (Phi) is 6.43. The third kappa shape index (κ3) is 4.54. The second-order valence-corrected chi connectivity index (χ2v) is 9.33. The fourth-order valence-electron chi connectivity index (χ4n) is 4.28. The second kappa shape index (κ2) is 9.33. The van der Waals surface area contributed by atoms with Crippen molar-refractivity contribution < 1.29 is 23.8 Å². The molecule has 2 aromatic carbocycles. The average Bonchev–Trinajstić information content (AvgIpc) is 3.09. The monoisotopic (exact) mass is 474 g/mol. The van der Waals surface area contributed by atoms with Gasteiger partial charge in [-0.3, -0.25) is 19.5 Å². The van der Waals surface area contributed by atoms with Crippen molar-refractivity contribution in [3.63, 3.8) is 0 Å². The molecule has 1 N–H and O–H groups in total. The van der Waals surface area contributed by atoms with E-state index >= 15 is 0 Å². The molecule has 1 atom stereocenters. The van der Waals surface area contributed by atoms with Crippen LogP contribution in [-0.2, 0) is 15.0 Å². The molecule has 2 heterocycles. The number of ether oxygens (including phenoxy) is 1. The van der Waals surface area contributed by atoms with Crippen LogP contribution < -0.4 is 9.64 Å². The zero-order valence-corrected chi connectivity index (χ0v) is 20.1. The number of amides is 1. The first-order chi connectivity index (χ1) is 16.6. The van der Waals surface area contributed by atoms with Crippen LogP contribution in [0.4, 0.5) is 10.1 Å². The summed E-state index contributed by atoms with van der Waals surface area (Å²) in [6.45, 7) is 8.43. The molecule has 0 aliphatic carbocycles. The molecule has 1 amide bonds. The highest BCUT2D eigenvalue weighted by atomic mass is 19.1. The molecule has 1 saturated heterocycles. The maximum absolute atomic E-state index is 14.0. The standard InChI is InChI=1S/C28H27FN2O4/c1-5-35-22-12-11-17(14-21(22)28(2,3)4)25(32)23-24(18-8-7-13-30-16-18)31(27(34)26(23)33)20-10-6-9-19(29)15-20/h6-16,24,32H,5H2,1-4H3/b25-23-. The van der Waals surface area contributed by atoms with Gasteiger partial charge in [-0.2, -0.15) is 0 Å². The highest BCUT2D eigenvalue weighted by Crippen LogP contribution is 2.43. The van der Waals surface area contributed by atoms with Crippen LogP contribution in [0, 0.1) is 5.82 Å². The van der Waals surface area contributed by atoms with E-state index in [-0.39, 0.29) is 22.4 Å². The number of Topliss-reactive ketones (excluding diaryl/α,β-unsaturated/α-hetero) is 1. The first-order valence-corrected chi connectivity index (χ1v) is 11.4. The molecule has 7 heteroatoms. The Bertz CT molecular complexity index is 1310. The van der Waals surface area contributed by atoms with E-state index in [1.165, 1.54) is 29.3 Å². The Balaban J connectivity index is 1.94. The van der Waals surface area contributed by atoms with Gasteiger partial charge in [0.1, 0.15) is 17.3 Å². The van der Waals surface area contributed by atoms with Crippen molar-refractivity contribution in [3.05, 3.63) is 95.1 Å². The number of ketones is 1. The number of hydrogen-bond acceptors (Lipinski definition) is 5. The van der Waals surface area contributed by atoms with Gasteiger partial charge in [0.25, 0.3) is 11.7 Å². The van der Waals surface area contributed by atoms with E-state index < -0.39 is 23.5 Å². The highest BCUT2D eigenvalue weighted by molar-refractivity contribution is 6.51. The molecule has 35 heavy (non-hydrogen) atoms. The molecule has 0 radical (unpaired) electrons. The molecule has 1 unspecified atom stereocenters. The molecule has 0 spiro atoms. The van der Waals surface area contributed by atoms with Crippen molar-refractivity contribution >= 4 is 23.1 Å². The topological polar surface area (TPSA) is 79.7 Å². The average molecular weight is 475 g/mol. The molecule has 1 aromatic heterocycles. The summed E-state index contributed by atoms with van der Waals surface area (Å²) < 4.78 is 19.8. The van der Waals surface area contributed by atoms with Gasteiger partial charge in [-0.1, -0.05) is 32.9 Å². The Labute approximate surface area is 203 Å². The number of carbonyl (C=O) groups excluding carboxylic acids is 2. The van der Waals surface area contributed by atoms with Crippen LogP contribution in [0.1, 0.15) is 50.4 Å². The summed E-state index contributed by atoms with van der Waals surface area (Å²) >= 11 is 0. The number of halogens is 1. The van der Waals surface area contributed by atoms with Gasteiger partial charge in [0.2, 0.25) is 0 Å². The Hall–Kier alpha value is -4.00. The zero-order valence-electron chi connectivity index (χ0n) is 20.1. The third-order valence-electron chi connectivity index (χ3n) is 5.89. The number of rotatable bonds is 5.